The number of aromatic nitrogens is 4. The number of nitrogens with zero attached hydrogens (tertiary/aromatic N) is 3. The van der Waals surface area contributed by atoms with Crippen LogP contribution < -0.4 is 15.0 Å². The van der Waals surface area contributed by atoms with E-state index >= 15 is 0 Å². The van der Waals surface area contributed by atoms with Crippen molar-refractivity contribution >= 4 is 5.52 Å². The van der Waals surface area contributed by atoms with Gasteiger partial charge in [-0.25, -0.2) is 9.50 Å². The van der Waals surface area contributed by atoms with E-state index < -0.39 is 24.2 Å². The Morgan fingerprint density at radius 3 is 2.38 bits per heavy atom. The summed E-state index contributed by atoms with van der Waals surface area (Å²) in [5.41, 5.74) is 1.75. The predicted molar refractivity (Wildman–Crippen MR) is 137 cm³/mol. The molecule has 2 unspecified atom stereocenters. The van der Waals surface area contributed by atoms with Gasteiger partial charge in [-0.05, 0) is 43.5 Å². The molecule has 0 radical (unpaired) electrons. The van der Waals surface area contributed by atoms with Crippen LogP contribution in [0.25, 0.3) is 5.52 Å². The summed E-state index contributed by atoms with van der Waals surface area (Å²) in [6.07, 6.45) is -2.95. The molecule has 0 amide bonds. The highest BCUT2D eigenvalue weighted by atomic mass is 16.5. The number of nitrogens with one attached hydrogen (secondary N) is 1. The number of ether oxygens (including phenoxy) is 2. The van der Waals surface area contributed by atoms with Gasteiger partial charge in [0.05, 0.1) is 32.1 Å². The molecule has 2 aromatic heterocycles. The highest BCUT2D eigenvalue weighted by Gasteiger charge is 2.31. The average molecular weight is 509 g/mol. The molecule has 0 bridgehead atoms. The summed E-state index contributed by atoms with van der Waals surface area (Å²) in [4.78, 5) is 20.4. The van der Waals surface area contributed by atoms with Crippen molar-refractivity contribution in [1.82, 2.24) is 19.6 Å². The van der Waals surface area contributed by atoms with Crippen molar-refractivity contribution in [2.24, 2.45) is 0 Å². The zero-order valence-corrected chi connectivity index (χ0v) is 21.3. The number of aryl methyl sites for hydroxylation is 1. The predicted octanol–water partition coefficient (Wildman–Crippen LogP) is 2.28. The van der Waals surface area contributed by atoms with Crippen LogP contribution in [0.3, 0.4) is 0 Å². The summed E-state index contributed by atoms with van der Waals surface area (Å²) in [7, 11) is 3.11. The van der Waals surface area contributed by atoms with Crippen LogP contribution in [0.15, 0.2) is 53.3 Å². The fraction of sp³-hybridized carbons (Fsp3) is 0.370. The second kappa shape index (κ2) is 11.1. The lowest BCUT2D eigenvalue weighted by Crippen LogP contribution is -2.28. The number of H-pyrrole nitrogens is 1. The minimum absolute atomic E-state index is 0.00573. The molecule has 2 heterocycles. The number of fused-ring (bicyclic) bond motifs is 1. The quantitative estimate of drug-likeness (QED) is 0.256. The van der Waals surface area contributed by atoms with Gasteiger partial charge >= 0.3 is 0 Å². The Balaban J connectivity index is 1.69. The van der Waals surface area contributed by atoms with Crippen LogP contribution in [-0.4, -0.2) is 61.3 Å². The zero-order chi connectivity index (χ0) is 26.7. The lowest BCUT2D eigenvalue weighted by Gasteiger charge is -2.25. The van der Waals surface area contributed by atoms with E-state index in [1.54, 1.807) is 58.4 Å². The van der Waals surface area contributed by atoms with Gasteiger partial charge in [-0.2, -0.15) is 5.10 Å². The first-order valence-corrected chi connectivity index (χ1v) is 12.0. The number of aliphatic hydroxyl groups excluding tert-OH is 3. The highest BCUT2D eigenvalue weighted by Crippen LogP contribution is 2.31. The maximum atomic E-state index is 13.0. The van der Waals surface area contributed by atoms with E-state index in [1.165, 1.54) is 4.52 Å². The number of hydrogen-bond acceptors (Lipinski definition) is 8. The summed E-state index contributed by atoms with van der Waals surface area (Å²) in [6.45, 7) is 3.28. The SMILES string of the molecule is COc1ccc(Cc2nn3c([C@@H](CC(O)C(O)c4ccccc4)[C@@H](C)O)nc(C)c3c(=O)[nH]2)cc1OC. The molecule has 0 fully saturated rings. The van der Waals surface area contributed by atoms with Crippen molar-refractivity contribution in [2.45, 2.75) is 50.9 Å². The van der Waals surface area contributed by atoms with Crippen LogP contribution in [0.4, 0.5) is 0 Å². The van der Waals surface area contributed by atoms with Crippen LogP contribution in [0.2, 0.25) is 0 Å². The molecule has 10 nitrogen and oxygen atoms in total. The van der Waals surface area contributed by atoms with Crippen molar-refractivity contribution in [3.05, 3.63) is 87.4 Å². The normalized spacial score (nSPS) is 14.8. The highest BCUT2D eigenvalue weighted by molar-refractivity contribution is 5.50. The molecule has 4 aromatic rings. The molecule has 4 N–H and O–H groups in total. The molecule has 0 saturated carbocycles. The second-order valence-corrected chi connectivity index (χ2v) is 9.09. The molecule has 196 valence electrons. The fourth-order valence-corrected chi connectivity index (χ4v) is 4.52. The smallest absolute Gasteiger partial charge is 0.277 e. The average Bonchev–Trinajstić information content (AvgIpc) is 3.22. The van der Waals surface area contributed by atoms with Gasteiger partial charge in [0.1, 0.15) is 17.8 Å². The van der Waals surface area contributed by atoms with Crippen molar-refractivity contribution in [2.75, 3.05) is 14.2 Å². The van der Waals surface area contributed by atoms with Crippen LogP contribution in [0.1, 0.15) is 53.8 Å². The largest absolute Gasteiger partial charge is 0.493 e. The Labute approximate surface area is 214 Å². The Bertz CT molecular complexity index is 1420. The van der Waals surface area contributed by atoms with Gasteiger partial charge in [0.15, 0.2) is 17.0 Å². The molecule has 10 heteroatoms. The van der Waals surface area contributed by atoms with E-state index in [-0.39, 0.29) is 17.5 Å². The van der Waals surface area contributed by atoms with Crippen molar-refractivity contribution in [1.29, 1.82) is 0 Å². The van der Waals surface area contributed by atoms with Gasteiger partial charge in [0, 0.05) is 12.3 Å². The van der Waals surface area contributed by atoms with Gasteiger partial charge in [-0.1, -0.05) is 36.4 Å². The lowest BCUT2D eigenvalue weighted by atomic mass is 9.91. The number of aromatic amines is 1. The van der Waals surface area contributed by atoms with Crippen molar-refractivity contribution < 1.29 is 24.8 Å². The molecule has 2 aromatic carbocycles. The minimum atomic E-state index is -1.18. The molecule has 4 rings (SSSR count). The molecule has 0 aliphatic rings. The second-order valence-electron chi connectivity index (χ2n) is 9.09. The summed E-state index contributed by atoms with van der Waals surface area (Å²) in [6, 6.07) is 14.3. The molecule has 0 saturated heterocycles. The molecule has 0 aliphatic carbocycles. The van der Waals surface area contributed by atoms with Crippen LogP contribution in [-0.2, 0) is 6.42 Å². The van der Waals surface area contributed by atoms with E-state index in [4.69, 9.17) is 9.47 Å². The topological polar surface area (TPSA) is 142 Å². The minimum Gasteiger partial charge on any atom is -0.493 e. The number of hydrogen-bond donors (Lipinski definition) is 4. The third-order valence-electron chi connectivity index (χ3n) is 6.48. The molecular formula is C27H32N4O6. The molecule has 37 heavy (non-hydrogen) atoms. The van der Waals surface area contributed by atoms with Crippen LogP contribution >= 0.6 is 0 Å². The summed E-state index contributed by atoms with van der Waals surface area (Å²) < 4.78 is 12.1. The summed E-state index contributed by atoms with van der Waals surface area (Å²) >= 11 is 0. The maximum Gasteiger partial charge on any atom is 0.277 e. The Hall–Kier alpha value is -3.73. The van der Waals surface area contributed by atoms with E-state index in [0.717, 1.165) is 5.56 Å². The van der Waals surface area contributed by atoms with E-state index in [1.807, 2.05) is 18.2 Å². The van der Waals surface area contributed by atoms with Crippen LogP contribution in [0.5, 0.6) is 11.5 Å². The third-order valence-corrected chi connectivity index (χ3v) is 6.48. The van der Waals surface area contributed by atoms with Crippen LogP contribution in [0, 0.1) is 6.92 Å². The number of rotatable bonds is 10. The Kier molecular flexibility index (Phi) is 7.91. The Morgan fingerprint density at radius 2 is 1.73 bits per heavy atom. The lowest BCUT2D eigenvalue weighted by molar-refractivity contribution is -0.00141. The number of imidazole rings is 1. The first-order valence-electron chi connectivity index (χ1n) is 12.0. The summed E-state index contributed by atoms with van der Waals surface area (Å²) in [5, 5.41) is 36.8. The summed E-state index contributed by atoms with van der Waals surface area (Å²) in [5.74, 6) is 1.17. The van der Waals surface area contributed by atoms with Gasteiger partial charge in [0.25, 0.3) is 5.56 Å². The fourth-order valence-electron chi connectivity index (χ4n) is 4.52. The van der Waals surface area contributed by atoms with Gasteiger partial charge in [-0.3, -0.25) is 4.79 Å². The van der Waals surface area contributed by atoms with Gasteiger partial charge < -0.3 is 29.8 Å². The standard InChI is InChI=1S/C27H32N4O6/c1-15-24-27(35)29-23(13-17-10-11-21(36-3)22(12-17)37-4)30-31(24)26(28-15)19(16(2)32)14-20(33)25(34)18-8-6-5-7-9-18/h5-12,16,19-20,25,32-34H,13-14H2,1-4H3,(H,29,30,35)/t16-,19+,20?,25?/m1/s1. The van der Waals surface area contributed by atoms with Gasteiger partial charge in [-0.15, -0.1) is 0 Å². The Morgan fingerprint density at radius 1 is 1.03 bits per heavy atom. The molecule has 0 aliphatic heterocycles. The molecule has 4 atom stereocenters. The van der Waals surface area contributed by atoms with Gasteiger partial charge in [0.2, 0.25) is 0 Å². The molecule has 0 spiro atoms. The zero-order valence-electron chi connectivity index (χ0n) is 21.3. The number of aliphatic hydroxyl groups is 3. The van der Waals surface area contributed by atoms with E-state index in [2.05, 4.69) is 15.1 Å². The third kappa shape index (κ3) is 5.51. The first kappa shape index (κ1) is 26.3. The van der Waals surface area contributed by atoms with E-state index in [9.17, 15) is 20.1 Å². The van der Waals surface area contributed by atoms with E-state index in [0.29, 0.717) is 40.8 Å². The number of benzene rings is 2. The number of methoxy groups -OCH3 is 2. The van der Waals surface area contributed by atoms with Crippen molar-refractivity contribution in [3.8, 4) is 11.5 Å². The monoisotopic (exact) mass is 508 g/mol. The first-order chi connectivity index (χ1) is 17.7. The maximum absolute atomic E-state index is 13.0. The molecular weight excluding hydrogens is 476 g/mol. The van der Waals surface area contributed by atoms with Crippen molar-refractivity contribution in [3.63, 3.8) is 0 Å².